The second kappa shape index (κ2) is 8.93. The monoisotopic (exact) mass is 403 g/mol. The van der Waals surface area contributed by atoms with Gasteiger partial charge in [-0.3, -0.25) is 4.79 Å². The van der Waals surface area contributed by atoms with Gasteiger partial charge in [-0.15, -0.1) is 23.1 Å². The van der Waals surface area contributed by atoms with Crippen molar-refractivity contribution in [1.82, 2.24) is 0 Å². The summed E-state index contributed by atoms with van der Waals surface area (Å²) < 4.78 is 5.26. The van der Waals surface area contributed by atoms with Crippen molar-refractivity contribution >= 4 is 40.0 Å². The van der Waals surface area contributed by atoms with E-state index in [4.69, 9.17) is 4.74 Å². The molecule has 1 aliphatic rings. The third-order valence-corrected chi connectivity index (χ3v) is 6.68. The highest BCUT2D eigenvalue weighted by atomic mass is 32.2. The van der Waals surface area contributed by atoms with Gasteiger partial charge in [-0.05, 0) is 61.6 Å². The van der Waals surface area contributed by atoms with Gasteiger partial charge in [-0.25, -0.2) is 4.79 Å². The maximum Gasteiger partial charge on any atom is 0.341 e. The fourth-order valence-electron chi connectivity index (χ4n) is 3.36. The smallest absolute Gasteiger partial charge is 0.341 e. The lowest BCUT2D eigenvalue weighted by Crippen LogP contribution is -2.17. The first-order chi connectivity index (χ1) is 13.0. The van der Waals surface area contributed by atoms with E-state index in [1.165, 1.54) is 21.1 Å². The van der Waals surface area contributed by atoms with E-state index < -0.39 is 0 Å². The number of amides is 1. The van der Waals surface area contributed by atoms with Crippen LogP contribution in [0.5, 0.6) is 0 Å². The van der Waals surface area contributed by atoms with Gasteiger partial charge < -0.3 is 10.1 Å². The summed E-state index contributed by atoms with van der Waals surface area (Å²) in [6.07, 6.45) is 5.20. The number of fused-ring (bicyclic) bond motifs is 1. The number of thiophene rings is 1. The minimum absolute atomic E-state index is 0.107. The van der Waals surface area contributed by atoms with Crippen LogP contribution in [-0.4, -0.2) is 24.7 Å². The first-order valence-corrected chi connectivity index (χ1v) is 11.3. The minimum Gasteiger partial charge on any atom is -0.462 e. The number of ether oxygens (including phenoxy) is 1. The number of esters is 1. The molecule has 1 amide bonds. The Balaban J connectivity index is 1.80. The van der Waals surface area contributed by atoms with Gasteiger partial charge in [0.25, 0.3) is 0 Å². The standard InChI is InChI=1S/C21H25NO3S2/c1-4-25-21(24)19-16-10-5-13(2)11-17(16)27-20(19)22-18(23)12-14-6-8-15(26-3)9-7-14/h6-9,13H,4-5,10-12H2,1-3H3,(H,22,23). The molecule has 4 nitrogen and oxygen atoms in total. The van der Waals surface area contributed by atoms with Crippen molar-refractivity contribution < 1.29 is 14.3 Å². The summed E-state index contributed by atoms with van der Waals surface area (Å²) in [4.78, 5) is 27.5. The largest absolute Gasteiger partial charge is 0.462 e. The van der Waals surface area contributed by atoms with E-state index in [2.05, 4.69) is 12.2 Å². The van der Waals surface area contributed by atoms with Crippen LogP contribution < -0.4 is 5.32 Å². The number of hydrogen-bond donors (Lipinski definition) is 1. The molecule has 144 valence electrons. The van der Waals surface area contributed by atoms with Crippen LogP contribution in [0.4, 0.5) is 5.00 Å². The van der Waals surface area contributed by atoms with Crippen molar-refractivity contribution in [2.45, 2.75) is 44.4 Å². The van der Waals surface area contributed by atoms with Gasteiger partial charge in [0.1, 0.15) is 5.00 Å². The fourth-order valence-corrected chi connectivity index (χ4v) is 5.18. The van der Waals surface area contributed by atoms with Gasteiger partial charge in [0.05, 0.1) is 18.6 Å². The average Bonchev–Trinajstić information content (AvgIpc) is 2.99. The maximum absolute atomic E-state index is 12.6. The zero-order chi connectivity index (χ0) is 19.4. The number of hydrogen-bond acceptors (Lipinski definition) is 5. The Hall–Kier alpha value is -1.79. The SMILES string of the molecule is CCOC(=O)c1c(NC(=O)Cc2ccc(SC)cc2)sc2c1CCC(C)C2. The molecule has 0 bridgehead atoms. The van der Waals surface area contributed by atoms with Crippen LogP contribution in [0.3, 0.4) is 0 Å². The molecule has 0 saturated heterocycles. The van der Waals surface area contributed by atoms with Crippen LogP contribution >= 0.6 is 23.1 Å². The number of rotatable bonds is 6. The summed E-state index contributed by atoms with van der Waals surface area (Å²) in [7, 11) is 0. The normalized spacial score (nSPS) is 15.9. The molecule has 6 heteroatoms. The van der Waals surface area contributed by atoms with Crippen molar-refractivity contribution in [3.8, 4) is 0 Å². The van der Waals surface area contributed by atoms with Crippen LogP contribution in [0, 0.1) is 5.92 Å². The zero-order valence-corrected chi connectivity index (χ0v) is 17.6. The van der Waals surface area contributed by atoms with Gasteiger partial charge in [-0.2, -0.15) is 0 Å². The fraction of sp³-hybridized carbons (Fsp3) is 0.429. The lowest BCUT2D eigenvalue weighted by atomic mass is 9.88. The van der Waals surface area contributed by atoms with E-state index in [9.17, 15) is 9.59 Å². The van der Waals surface area contributed by atoms with E-state index >= 15 is 0 Å². The number of thioether (sulfide) groups is 1. The molecule has 3 rings (SSSR count). The van der Waals surface area contributed by atoms with E-state index in [-0.39, 0.29) is 18.3 Å². The van der Waals surface area contributed by atoms with E-state index in [0.29, 0.717) is 23.1 Å². The molecule has 1 aliphatic carbocycles. The van der Waals surface area contributed by atoms with Gasteiger partial charge in [0.15, 0.2) is 0 Å². The van der Waals surface area contributed by atoms with E-state index in [1.807, 2.05) is 30.5 Å². The molecular formula is C21H25NO3S2. The van der Waals surface area contributed by atoms with Gasteiger partial charge in [0.2, 0.25) is 5.91 Å². The number of nitrogens with one attached hydrogen (secondary N) is 1. The van der Waals surface area contributed by atoms with E-state index in [1.54, 1.807) is 18.7 Å². The number of carbonyl (C=O) groups excluding carboxylic acids is 2. The Morgan fingerprint density at radius 1 is 1.30 bits per heavy atom. The Labute approximate surface area is 168 Å². The topological polar surface area (TPSA) is 55.4 Å². The van der Waals surface area contributed by atoms with Crippen molar-refractivity contribution in [3.05, 3.63) is 45.8 Å². The van der Waals surface area contributed by atoms with Crippen LogP contribution in [-0.2, 0) is 28.8 Å². The van der Waals surface area contributed by atoms with E-state index in [0.717, 1.165) is 30.4 Å². The van der Waals surface area contributed by atoms with Gasteiger partial charge in [0, 0.05) is 9.77 Å². The molecule has 0 radical (unpaired) electrons. The maximum atomic E-state index is 12.6. The molecule has 1 heterocycles. The Bertz CT molecular complexity index is 827. The number of anilines is 1. The van der Waals surface area contributed by atoms with Crippen molar-refractivity contribution in [2.24, 2.45) is 5.92 Å². The van der Waals surface area contributed by atoms with Crippen LogP contribution in [0.1, 0.15) is 46.6 Å². The van der Waals surface area contributed by atoms with Crippen molar-refractivity contribution in [2.75, 3.05) is 18.2 Å². The first-order valence-electron chi connectivity index (χ1n) is 9.26. The van der Waals surface area contributed by atoms with Gasteiger partial charge in [-0.1, -0.05) is 19.1 Å². The first kappa shape index (κ1) is 20.0. The second-order valence-electron chi connectivity index (χ2n) is 6.85. The molecule has 1 N–H and O–H groups in total. The predicted octanol–water partition coefficient (Wildman–Crippen LogP) is 4.95. The summed E-state index contributed by atoms with van der Waals surface area (Å²) in [5, 5.41) is 3.61. The van der Waals surface area contributed by atoms with Crippen LogP contribution in [0.2, 0.25) is 0 Å². The summed E-state index contributed by atoms with van der Waals surface area (Å²) in [5.41, 5.74) is 2.59. The number of carbonyl (C=O) groups is 2. The molecule has 1 aromatic carbocycles. The summed E-state index contributed by atoms with van der Waals surface area (Å²) in [6.45, 7) is 4.35. The predicted molar refractivity (Wildman–Crippen MR) is 112 cm³/mol. The average molecular weight is 404 g/mol. The molecule has 1 atom stereocenters. The Morgan fingerprint density at radius 2 is 2.04 bits per heavy atom. The summed E-state index contributed by atoms with van der Waals surface area (Å²) in [6, 6.07) is 7.97. The Kier molecular flexibility index (Phi) is 6.60. The van der Waals surface area contributed by atoms with Crippen LogP contribution in [0.15, 0.2) is 29.2 Å². The minimum atomic E-state index is -0.329. The molecule has 0 aliphatic heterocycles. The summed E-state index contributed by atoms with van der Waals surface area (Å²) >= 11 is 3.20. The quantitative estimate of drug-likeness (QED) is 0.547. The lowest BCUT2D eigenvalue weighted by molar-refractivity contribution is -0.115. The highest BCUT2D eigenvalue weighted by Crippen LogP contribution is 2.40. The van der Waals surface area contributed by atoms with Gasteiger partial charge >= 0.3 is 5.97 Å². The third-order valence-electron chi connectivity index (χ3n) is 4.77. The molecule has 0 fully saturated rings. The highest BCUT2D eigenvalue weighted by molar-refractivity contribution is 7.98. The van der Waals surface area contributed by atoms with Crippen LogP contribution in [0.25, 0.3) is 0 Å². The third kappa shape index (κ3) is 4.74. The molecule has 1 aromatic heterocycles. The molecule has 1 unspecified atom stereocenters. The molecule has 0 spiro atoms. The second-order valence-corrected chi connectivity index (χ2v) is 8.83. The zero-order valence-electron chi connectivity index (χ0n) is 16.0. The lowest BCUT2D eigenvalue weighted by Gasteiger charge is -2.18. The number of benzene rings is 1. The molecular weight excluding hydrogens is 378 g/mol. The Morgan fingerprint density at radius 3 is 2.70 bits per heavy atom. The molecule has 2 aromatic rings. The molecule has 0 saturated carbocycles. The summed E-state index contributed by atoms with van der Waals surface area (Å²) in [5.74, 6) is 0.165. The highest BCUT2D eigenvalue weighted by Gasteiger charge is 2.29. The van der Waals surface area contributed by atoms with Crippen molar-refractivity contribution in [3.63, 3.8) is 0 Å². The molecule has 27 heavy (non-hydrogen) atoms. The van der Waals surface area contributed by atoms with Crippen molar-refractivity contribution in [1.29, 1.82) is 0 Å².